The third-order valence-corrected chi connectivity index (χ3v) is 5.32. The Morgan fingerprint density at radius 1 is 1.29 bits per heavy atom. The van der Waals surface area contributed by atoms with Crippen molar-refractivity contribution in [2.45, 2.75) is 32.2 Å². The normalized spacial score (nSPS) is 27.4. The minimum atomic E-state index is 0.647. The largest absolute Gasteiger partial charge is 0.398 e. The van der Waals surface area contributed by atoms with Crippen LogP contribution < -0.4 is 5.73 Å². The highest BCUT2D eigenvalue weighted by molar-refractivity contribution is 6.31. The van der Waals surface area contributed by atoms with Crippen molar-refractivity contribution in [3.05, 3.63) is 23.2 Å². The van der Waals surface area contributed by atoms with Gasteiger partial charge in [-0.15, -0.1) is 5.10 Å². The summed E-state index contributed by atoms with van der Waals surface area (Å²) in [7, 11) is 0. The van der Waals surface area contributed by atoms with Gasteiger partial charge in [0, 0.05) is 22.8 Å². The summed E-state index contributed by atoms with van der Waals surface area (Å²) in [6.07, 6.45) is 5.48. The van der Waals surface area contributed by atoms with Gasteiger partial charge >= 0.3 is 0 Å². The highest BCUT2D eigenvalue weighted by atomic mass is 35.5. The quantitative estimate of drug-likeness (QED) is 0.885. The standard InChI is InChI=1S/C15H18ClN5/c16-12-3-4-14(17)13(7-12)15-18-19-20-21(15)8-11-6-9-1-2-10(11)5-9/h3-4,7,9-11H,1-2,5-6,8,17H2. The molecule has 1 heterocycles. The molecule has 21 heavy (non-hydrogen) atoms. The van der Waals surface area contributed by atoms with E-state index in [-0.39, 0.29) is 0 Å². The van der Waals surface area contributed by atoms with Crippen molar-refractivity contribution in [3.8, 4) is 11.4 Å². The fourth-order valence-corrected chi connectivity index (χ4v) is 4.24. The van der Waals surface area contributed by atoms with E-state index in [0.29, 0.717) is 16.6 Å². The molecule has 3 atom stereocenters. The SMILES string of the molecule is Nc1ccc(Cl)cc1-c1nnnn1CC1CC2CCC1C2. The molecule has 2 bridgehead atoms. The second-order valence-corrected chi connectivity index (χ2v) is 6.79. The van der Waals surface area contributed by atoms with Crippen LogP contribution in [0.2, 0.25) is 5.02 Å². The van der Waals surface area contributed by atoms with E-state index in [2.05, 4.69) is 15.5 Å². The highest BCUT2D eigenvalue weighted by Gasteiger charge is 2.39. The van der Waals surface area contributed by atoms with Gasteiger partial charge in [-0.3, -0.25) is 0 Å². The Morgan fingerprint density at radius 2 is 2.19 bits per heavy atom. The van der Waals surface area contributed by atoms with Crippen LogP contribution in [0.4, 0.5) is 5.69 Å². The van der Waals surface area contributed by atoms with Crippen LogP contribution >= 0.6 is 11.6 Å². The molecule has 110 valence electrons. The van der Waals surface area contributed by atoms with E-state index >= 15 is 0 Å². The van der Waals surface area contributed by atoms with Crippen LogP contribution in [0.5, 0.6) is 0 Å². The van der Waals surface area contributed by atoms with Gasteiger partial charge in [-0.1, -0.05) is 18.0 Å². The molecule has 2 aromatic rings. The molecule has 6 heteroatoms. The van der Waals surface area contributed by atoms with Gasteiger partial charge in [0.1, 0.15) is 0 Å². The molecular formula is C15H18ClN5. The molecule has 0 amide bonds. The van der Waals surface area contributed by atoms with E-state index in [9.17, 15) is 0 Å². The van der Waals surface area contributed by atoms with Crippen LogP contribution in [0.1, 0.15) is 25.7 Å². The van der Waals surface area contributed by atoms with Crippen molar-refractivity contribution >= 4 is 17.3 Å². The summed E-state index contributed by atoms with van der Waals surface area (Å²) in [4.78, 5) is 0. The third-order valence-electron chi connectivity index (χ3n) is 5.08. The number of hydrogen-bond donors (Lipinski definition) is 1. The summed E-state index contributed by atoms with van der Waals surface area (Å²) in [5.74, 6) is 3.20. The number of nitrogen functional groups attached to an aromatic ring is 1. The highest BCUT2D eigenvalue weighted by Crippen LogP contribution is 2.49. The molecular weight excluding hydrogens is 286 g/mol. The Hall–Kier alpha value is -1.62. The van der Waals surface area contributed by atoms with Crippen LogP contribution in [0.15, 0.2) is 18.2 Å². The number of tetrazole rings is 1. The Kier molecular flexibility index (Phi) is 3.10. The molecule has 2 fully saturated rings. The van der Waals surface area contributed by atoms with Crippen molar-refractivity contribution in [1.29, 1.82) is 0 Å². The molecule has 1 aromatic heterocycles. The number of rotatable bonds is 3. The van der Waals surface area contributed by atoms with Crippen molar-refractivity contribution in [1.82, 2.24) is 20.2 Å². The van der Waals surface area contributed by atoms with Gasteiger partial charge in [0.2, 0.25) is 0 Å². The number of benzene rings is 1. The maximum absolute atomic E-state index is 6.07. The Balaban J connectivity index is 1.63. The molecule has 0 radical (unpaired) electrons. The molecule has 0 aliphatic heterocycles. The van der Waals surface area contributed by atoms with Gasteiger partial charge in [0.15, 0.2) is 5.82 Å². The van der Waals surface area contributed by atoms with E-state index in [1.54, 1.807) is 12.1 Å². The first kappa shape index (κ1) is 13.1. The number of hydrogen-bond acceptors (Lipinski definition) is 4. The lowest BCUT2D eigenvalue weighted by Gasteiger charge is -2.21. The lowest BCUT2D eigenvalue weighted by Crippen LogP contribution is -2.19. The molecule has 0 saturated heterocycles. The van der Waals surface area contributed by atoms with Crippen molar-refractivity contribution in [3.63, 3.8) is 0 Å². The van der Waals surface area contributed by atoms with Gasteiger partial charge in [0.25, 0.3) is 0 Å². The third kappa shape index (κ3) is 2.29. The second kappa shape index (κ2) is 4.98. The second-order valence-electron chi connectivity index (χ2n) is 6.35. The molecule has 2 saturated carbocycles. The van der Waals surface area contributed by atoms with Gasteiger partial charge in [-0.2, -0.15) is 0 Å². The lowest BCUT2D eigenvalue weighted by atomic mass is 9.89. The van der Waals surface area contributed by atoms with Gasteiger partial charge in [-0.25, -0.2) is 4.68 Å². The summed E-state index contributed by atoms with van der Waals surface area (Å²) in [5.41, 5.74) is 7.52. The molecule has 1 aromatic carbocycles. The first-order chi connectivity index (χ1) is 10.2. The fourth-order valence-electron chi connectivity index (χ4n) is 4.06. The molecule has 4 rings (SSSR count). The van der Waals surface area contributed by atoms with Crippen LogP contribution in [0, 0.1) is 17.8 Å². The Morgan fingerprint density at radius 3 is 2.95 bits per heavy atom. The molecule has 2 aliphatic rings. The molecule has 0 spiro atoms. The van der Waals surface area contributed by atoms with Crippen molar-refractivity contribution < 1.29 is 0 Å². The average molecular weight is 304 g/mol. The lowest BCUT2D eigenvalue weighted by molar-refractivity contribution is 0.284. The minimum Gasteiger partial charge on any atom is -0.398 e. The number of nitrogens with zero attached hydrogens (tertiary/aromatic N) is 4. The van der Waals surface area contributed by atoms with Crippen LogP contribution in [-0.2, 0) is 6.54 Å². The zero-order valence-corrected chi connectivity index (χ0v) is 12.5. The first-order valence-corrected chi connectivity index (χ1v) is 7.90. The number of nitrogens with two attached hydrogens (primary N) is 1. The smallest absolute Gasteiger partial charge is 0.184 e. The van der Waals surface area contributed by atoms with E-state index in [0.717, 1.165) is 29.8 Å². The predicted octanol–water partition coefficient (Wildman–Crippen LogP) is 3.01. The zero-order chi connectivity index (χ0) is 14.4. The maximum atomic E-state index is 6.07. The summed E-state index contributed by atoms with van der Waals surface area (Å²) < 4.78 is 1.90. The predicted molar refractivity (Wildman–Crippen MR) is 81.6 cm³/mol. The maximum Gasteiger partial charge on any atom is 0.184 e. The average Bonchev–Trinajstić information content (AvgIpc) is 3.18. The Labute approximate surface area is 128 Å². The summed E-state index contributed by atoms with van der Waals surface area (Å²) >= 11 is 6.07. The first-order valence-electron chi connectivity index (χ1n) is 7.52. The van der Waals surface area contributed by atoms with Gasteiger partial charge < -0.3 is 5.73 Å². The Bertz CT molecular complexity index is 668. The topological polar surface area (TPSA) is 69.6 Å². The van der Waals surface area contributed by atoms with Gasteiger partial charge in [0.05, 0.1) is 0 Å². The minimum absolute atomic E-state index is 0.647. The zero-order valence-electron chi connectivity index (χ0n) is 11.7. The van der Waals surface area contributed by atoms with E-state index in [1.807, 2.05) is 10.7 Å². The van der Waals surface area contributed by atoms with Crippen LogP contribution in [-0.4, -0.2) is 20.2 Å². The van der Waals surface area contributed by atoms with Crippen LogP contribution in [0.25, 0.3) is 11.4 Å². The van der Waals surface area contributed by atoms with E-state index < -0.39 is 0 Å². The summed E-state index contributed by atoms with van der Waals surface area (Å²) in [6, 6.07) is 5.42. The van der Waals surface area contributed by atoms with E-state index in [4.69, 9.17) is 17.3 Å². The van der Waals surface area contributed by atoms with Crippen LogP contribution in [0.3, 0.4) is 0 Å². The number of anilines is 1. The van der Waals surface area contributed by atoms with Crippen molar-refractivity contribution in [2.24, 2.45) is 17.8 Å². The van der Waals surface area contributed by atoms with Crippen molar-refractivity contribution in [2.75, 3.05) is 5.73 Å². The molecule has 3 unspecified atom stereocenters. The summed E-state index contributed by atoms with van der Waals surface area (Å²) in [6.45, 7) is 0.884. The molecule has 2 N–H and O–H groups in total. The number of aromatic nitrogens is 4. The number of halogens is 1. The number of fused-ring (bicyclic) bond motifs is 2. The molecule has 2 aliphatic carbocycles. The molecule has 5 nitrogen and oxygen atoms in total. The van der Waals surface area contributed by atoms with Gasteiger partial charge in [-0.05, 0) is 65.6 Å². The fraction of sp³-hybridized carbons (Fsp3) is 0.533. The van der Waals surface area contributed by atoms with E-state index in [1.165, 1.54) is 25.7 Å². The summed E-state index contributed by atoms with van der Waals surface area (Å²) in [5, 5.41) is 12.8. The monoisotopic (exact) mass is 303 g/mol.